The Balaban J connectivity index is 1.87. The number of rotatable bonds is 7. The van der Waals surface area contributed by atoms with Crippen LogP contribution in [0.4, 0.5) is 15.4 Å². The molecule has 2 amide bonds. The van der Waals surface area contributed by atoms with Gasteiger partial charge in [-0.15, -0.1) is 0 Å². The predicted molar refractivity (Wildman–Crippen MR) is 153 cm³/mol. The molecular weight excluding hydrogens is 510 g/mol. The van der Waals surface area contributed by atoms with Gasteiger partial charge in [0.15, 0.2) is 5.82 Å². The van der Waals surface area contributed by atoms with Crippen LogP contribution in [-0.4, -0.2) is 43.3 Å². The molecule has 0 fully saturated rings. The van der Waals surface area contributed by atoms with E-state index in [1.807, 2.05) is 17.7 Å². The topological polar surface area (TPSA) is 113 Å². The summed E-state index contributed by atoms with van der Waals surface area (Å²) in [5.74, 6) is 1.02. The van der Waals surface area contributed by atoms with Crippen LogP contribution in [-0.2, 0) is 41.7 Å². The Labute approximate surface area is 236 Å². The molecule has 40 heavy (non-hydrogen) atoms. The Hall–Kier alpha value is -3.43. The predicted octanol–water partition coefficient (Wildman–Crippen LogP) is 6.87. The van der Waals surface area contributed by atoms with Crippen LogP contribution in [0.5, 0.6) is 0 Å². The van der Waals surface area contributed by atoms with Gasteiger partial charge in [-0.1, -0.05) is 12.1 Å². The fraction of sp³-hybridized carbons (Fsp3) is 0.633. The normalized spacial score (nSPS) is 13.8. The van der Waals surface area contributed by atoms with Crippen LogP contribution in [0.25, 0.3) is 10.9 Å². The Morgan fingerprint density at radius 2 is 1.68 bits per heavy atom. The van der Waals surface area contributed by atoms with E-state index in [2.05, 4.69) is 12.1 Å². The molecule has 0 spiro atoms. The molecule has 0 saturated carbocycles. The maximum atomic E-state index is 13.6. The van der Waals surface area contributed by atoms with Crippen molar-refractivity contribution in [3.05, 3.63) is 34.5 Å². The highest BCUT2D eigenvalue weighted by molar-refractivity contribution is 6.13. The lowest BCUT2D eigenvalue weighted by Gasteiger charge is -2.29. The molecule has 0 atom stereocenters. The highest BCUT2D eigenvalue weighted by Gasteiger charge is 2.37. The summed E-state index contributed by atoms with van der Waals surface area (Å²) in [6.07, 6.45) is 5.26. The monoisotopic (exact) mass is 553 g/mol. The smallest absolute Gasteiger partial charge is 0.425 e. The molecule has 0 aliphatic heterocycles. The van der Waals surface area contributed by atoms with Gasteiger partial charge in [-0.05, 0) is 99.0 Å². The Morgan fingerprint density at radius 1 is 1.02 bits per heavy atom. The molecule has 0 radical (unpaired) electrons. The number of aromatic nitrogens is 4. The largest absolute Gasteiger partial charge is 0.443 e. The van der Waals surface area contributed by atoms with Gasteiger partial charge in [0.1, 0.15) is 22.5 Å². The van der Waals surface area contributed by atoms with E-state index >= 15 is 0 Å². The van der Waals surface area contributed by atoms with Gasteiger partial charge in [-0.2, -0.15) is 10.00 Å². The minimum absolute atomic E-state index is 0.168. The third kappa shape index (κ3) is 6.82. The van der Waals surface area contributed by atoms with E-state index in [-0.39, 0.29) is 5.82 Å². The minimum atomic E-state index is -0.835. The lowest BCUT2D eigenvalue weighted by atomic mass is 9.91. The van der Waals surface area contributed by atoms with E-state index in [4.69, 9.17) is 24.1 Å². The fourth-order valence-electron chi connectivity index (χ4n) is 5.07. The van der Waals surface area contributed by atoms with E-state index < -0.39 is 23.4 Å². The summed E-state index contributed by atoms with van der Waals surface area (Å²) in [4.78, 5) is 33.0. The fourth-order valence-corrected chi connectivity index (χ4v) is 5.07. The van der Waals surface area contributed by atoms with Gasteiger partial charge in [0.05, 0.1) is 5.69 Å². The van der Waals surface area contributed by atoms with Gasteiger partial charge in [0.2, 0.25) is 0 Å². The van der Waals surface area contributed by atoms with Crippen molar-refractivity contribution >= 4 is 28.9 Å². The summed E-state index contributed by atoms with van der Waals surface area (Å²) in [7, 11) is 0. The van der Waals surface area contributed by atoms with Crippen LogP contribution in [0.1, 0.15) is 103 Å². The maximum Gasteiger partial charge on any atom is 0.425 e. The second-order valence-corrected chi connectivity index (χ2v) is 12.5. The van der Waals surface area contributed by atoms with Crippen molar-refractivity contribution in [3.8, 4) is 0 Å². The van der Waals surface area contributed by atoms with Crippen molar-refractivity contribution in [2.75, 3.05) is 4.90 Å². The van der Waals surface area contributed by atoms with Crippen LogP contribution < -0.4 is 4.90 Å². The van der Waals surface area contributed by atoms with Gasteiger partial charge >= 0.3 is 12.2 Å². The second-order valence-electron chi connectivity index (χ2n) is 12.5. The number of pyridine rings is 1. The third-order valence-electron chi connectivity index (χ3n) is 6.56. The highest BCUT2D eigenvalue weighted by Crippen LogP contribution is 2.37. The van der Waals surface area contributed by atoms with Gasteiger partial charge in [-0.25, -0.2) is 14.6 Å². The van der Waals surface area contributed by atoms with E-state index in [1.165, 1.54) is 0 Å². The molecule has 0 saturated heterocycles. The molecule has 0 bridgehead atoms. The zero-order valence-electron chi connectivity index (χ0n) is 25.2. The van der Waals surface area contributed by atoms with E-state index in [9.17, 15) is 9.59 Å². The molecule has 10 nitrogen and oxygen atoms in total. The van der Waals surface area contributed by atoms with Crippen molar-refractivity contribution < 1.29 is 23.6 Å². The van der Waals surface area contributed by atoms with E-state index in [1.54, 1.807) is 41.5 Å². The number of imide groups is 1. The first-order chi connectivity index (χ1) is 18.8. The first-order valence-electron chi connectivity index (χ1n) is 14.4. The molecule has 1 aliphatic carbocycles. The number of aryl methyl sites for hydroxylation is 6. The van der Waals surface area contributed by atoms with Crippen LogP contribution in [0.15, 0.2) is 10.6 Å². The van der Waals surface area contributed by atoms with Gasteiger partial charge in [0, 0.05) is 35.8 Å². The summed E-state index contributed by atoms with van der Waals surface area (Å²) < 4.78 is 18.8. The molecule has 0 unspecified atom stereocenters. The van der Waals surface area contributed by atoms with Crippen molar-refractivity contribution in [1.29, 1.82) is 0 Å². The third-order valence-corrected chi connectivity index (χ3v) is 6.56. The van der Waals surface area contributed by atoms with Gasteiger partial charge in [-0.3, -0.25) is 4.68 Å². The van der Waals surface area contributed by atoms with Crippen molar-refractivity contribution in [2.45, 2.75) is 125 Å². The quantitative estimate of drug-likeness (QED) is 0.312. The molecule has 218 valence electrons. The lowest BCUT2D eigenvalue weighted by Crippen LogP contribution is -2.44. The number of hydrogen-bond donors (Lipinski definition) is 0. The summed E-state index contributed by atoms with van der Waals surface area (Å²) in [6, 6.07) is 1.96. The van der Waals surface area contributed by atoms with E-state index in [0.29, 0.717) is 12.1 Å². The zero-order valence-corrected chi connectivity index (χ0v) is 25.2. The Bertz CT molecular complexity index is 1350. The molecule has 0 aromatic carbocycles. The van der Waals surface area contributed by atoms with Crippen LogP contribution in [0.3, 0.4) is 0 Å². The van der Waals surface area contributed by atoms with Crippen molar-refractivity contribution in [2.24, 2.45) is 0 Å². The number of anilines is 1. The molecule has 1 aliphatic rings. The number of nitrogens with zero attached hydrogens (tertiary/aromatic N) is 5. The molecular formula is C30H43N5O5. The molecule has 4 rings (SSSR count). The van der Waals surface area contributed by atoms with Crippen LogP contribution in [0.2, 0.25) is 0 Å². The van der Waals surface area contributed by atoms with Crippen LogP contribution >= 0.6 is 0 Å². The standard InChI is InChI=1S/C30H43N5O5/c1-9-17-34-23(16-12-13-20-18-19(2)33-40-20)24-21-14-10-11-15-22(21)31-26(25(24)32-34)35(27(36)38-29(3,4)5)28(37)39-30(6,7)8/h18H,9-17H2,1-8H3. The molecule has 0 N–H and O–H groups in total. The average Bonchev–Trinajstić information content (AvgIpc) is 3.41. The first kappa shape index (κ1) is 29.6. The van der Waals surface area contributed by atoms with Gasteiger partial charge < -0.3 is 14.0 Å². The number of carbonyl (C=O) groups is 2. The summed E-state index contributed by atoms with van der Waals surface area (Å²) >= 11 is 0. The average molecular weight is 554 g/mol. The van der Waals surface area contributed by atoms with Gasteiger partial charge in [0.25, 0.3) is 0 Å². The number of amides is 2. The van der Waals surface area contributed by atoms with Crippen molar-refractivity contribution in [3.63, 3.8) is 0 Å². The summed E-state index contributed by atoms with van der Waals surface area (Å²) in [5.41, 5.74) is 2.89. The molecule has 10 heteroatoms. The number of carbonyl (C=O) groups excluding carboxylic acids is 2. The summed E-state index contributed by atoms with van der Waals surface area (Å²) in [6.45, 7) is 15.3. The maximum absolute atomic E-state index is 13.6. The highest BCUT2D eigenvalue weighted by atomic mass is 16.6. The minimum Gasteiger partial charge on any atom is -0.443 e. The molecule has 3 aromatic rings. The first-order valence-corrected chi connectivity index (χ1v) is 14.4. The number of hydrogen-bond acceptors (Lipinski definition) is 8. The SMILES string of the molecule is CCCn1nc2c(N(C(=O)OC(C)(C)C)C(=O)OC(C)(C)C)nc3c(c2c1CCCc1cc(C)no1)CCCC3. The number of fused-ring (bicyclic) bond motifs is 3. The second kappa shape index (κ2) is 11.6. The van der Waals surface area contributed by atoms with E-state index in [0.717, 1.165) is 90.1 Å². The lowest BCUT2D eigenvalue weighted by molar-refractivity contribution is 0.0429. The van der Waals surface area contributed by atoms with Crippen molar-refractivity contribution in [1.82, 2.24) is 19.9 Å². The molecule has 3 aromatic heterocycles. The molecule has 3 heterocycles. The Morgan fingerprint density at radius 3 is 2.25 bits per heavy atom. The number of ether oxygens (including phenoxy) is 2. The zero-order chi connectivity index (χ0) is 29.2. The Kier molecular flexibility index (Phi) is 8.56. The summed E-state index contributed by atoms with van der Waals surface area (Å²) in [5, 5.41) is 9.97. The van der Waals surface area contributed by atoms with Crippen LogP contribution in [0, 0.1) is 6.92 Å².